The van der Waals surface area contributed by atoms with E-state index in [1.807, 2.05) is 23.6 Å². The second-order valence-corrected chi connectivity index (χ2v) is 4.83. The zero-order valence-electron chi connectivity index (χ0n) is 9.18. The summed E-state index contributed by atoms with van der Waals surface area (Å²) in [5.41, 5.74) is 1.78. The molecule has 1 aromatic carbocycles. The number of imidazole rings is 1. The standard InChI is InChI=1S/C11H11ClN2O2S/c1-2-14-9-5-7(12)3-4-8(9)13-11(14)17-6-10(15)16/h3-5H,2,6H2,1H3,(H,15,16). The van der Waals surface area contributed by atoms with Crippen LogP contribution in [0.2, 0.25) is 5.02 Å². The monoisotopic (exact) mass is 270 g/mol. The third-order valence-electron chi connectivity index (χ3n) is 2.32. The van der Waals surface area contributed by atoms with Crippen LogP contribution in [0.3, 0.4) is 0 Å². The van der Waals surface area contributed by atoms with Crippen LogP contribution in [0.4, 0.5) is 0 Å². The summed E-state index contributed by atoms with van der Waals surface area (Å²) in [7, 11) is 0. The van der Waals surface area contributed by atoms with Crippen molar-refractivity contribution in [2.45, 2.75) is 18.6 Å². The lowest BCUT2D eigenvalue weighted by Gasteiger charge is -2.03. The summed E-state index contributed by atoms with van der Waals surface area (Å²) >= 11 is 7.16. The van der Waals surface area contributed by atoms with Crippen LogP contribution < -0.4 is 0 Å². The topological polar surface area (TPSA) is 55.1 Å². The summed E-state index contributed by atoms with van der Waals surface area (Å²) in [5.74, 6) is -0.834. The molecule has 0 saturated carbocycles. The van der Waals surface area contributed by atoms with Gasteiger partial charge in [0.15, 0.2) is 5.16 Å². The third kappa shape index (κ3) is 2.56. The number of aryl methyl sites for hydroxylation is 1. The van der Waals surface area contributed by atoms with Gasteiger partial charge in [0, 0.05) is 11.6 Å². The van der Waals surface area contributed by atoms with Gasteiger partial charge in [-0.05, 0) is 25.1 Å². The highest BCUT2D eigenvalue weighted by molar-refractivity contribution is 7.99. The summed E-state index contributed by atoms with van der Waals surface area (Å²) in [6, 6.07) is 5.47. The number of carboxylic acid groups (broad SMARTS) is 1. The SMILES string of the molecule is CCn1c(SCC(=O)O)nc2ccc(Cl)cc21. The van der Waals surface area contributed by atoms with Crippen molar-refractivity contribution in [3.63, 3.8) is 0 Å². The van der Waals surface area contributed by atoms with E-state index in [9.17, 15) is 4.79 Å². The Bertz CT molecular complexity index is 568. The van der Waals surface area contributed by atoms with E-state index in [1.54, 1.807) is 6.07 Å². The lowest BCUT2D eigenvalue weighted by atomic mass is 10.3. The lowest BCUT2D eigenvalue weighted by Crippen LogP contribution is -2.01. The molecular weight excluding hydrogens is 260 g/mol. The molecule has 17 heavy (non-hydrogen) atoms. The molecule has 0 bridgehead atoms. The zero-order valence-corrected chi connectivity index (χ0v) is 10.8. The highest BCUT2D eigenvalue weighted by atomic mass is 35.5. The van der Waals surface area contributed by atoms with Crippen molar-refractivity contribution in [3.05, 3.63) is 23.2 Å². The Morgan fingerprint density at radius 1 is 1.59 bits per heavy atom. The van der Waals surface area contributed by atoms with Crippen LogP contribution in [0.25, 0.3) is 11.0 Å². The van der Waals surface area contributed by atoms with Gasteiger partial charge in [-0.1, -0.05) is 23.4 Å². The van der Waals surface area contributed by atoms with Gasteiger partial charge in [-0.15, -0.1) is 0 Å². The van der Waals surface area contributed by atoms with Crippen molar-refractivity contribution in [1.29, 1.82) is 0 Å². The van der Waals surface area contributed by atoms with E-state index in [2.05, 4.69) is 4.98 Å². The maximum absolute atomic E-state index is 10.6. The molecule has 0 fully saturated rings. The van der Waals surface area contributed by atoms with E-state index in [0.717, 1.165) is 17.6 Å². The molecule has 4 nitrogen and oxygen atoms in total. The van der Waals surface area contributed by atoms with Crippen molar-refractivity contribution < 1.29 is 9.90 Å². The van der Waals surface area contributed by atoms with Crippen molar-refractivity contribution in [1.82, 2.24) is 9.55 Å². The van der Waals surface area contributed by atoms with Crippen LogP contribution in [-0.4, -0.2) is 26.4 Å². The first kappa shape index (κ1) is 12.3. The smallest absolute Gasteiger partial charge is 0.313 e. The second-order valence-electron chi connectivity index (χ2n) is 3.45. The number of rotatable bonds is 4. The summed E-state index contributed by atoms with van der Waals surface area (Å²) in [5, 5.41) is 10.0. The lowest BCUT2D eigenvalue weighted by molar-refractivity contribution is -0.133. The highest BCUT2D eigenvalue weighted by Crippen LogP contribution is 2.26. The van der Waals surface area contributed by atoms with Crippen molar-refractivity contribution in [3.8, 4) is 0 Å². The molecule has 2 aromatic rings. The minimum atomic E-state index is -0.845. The molecule has 0 aliphatic carbocycles. The van der Waals surface area contributed by atoms with E-state index in [1.165, 1.54) is 11.8 Å². The van der Waals surface area contributed by atoms with Gasteiger partial charge in [0.25, 0.3) is 0 Å². The number of aromatic nitrogens is 2. The molecule has 1 aromatic heterocycles. The maximum Gasteiger partial charge on any atom is 0.313 e. The normalized spacial score (nSPS) is 10.9. The molecule has 1 heterocycles. The third-order valence-corrected chi connectivity index (χ3v) is 3.51. The van der Waals surface area contributed by atoms with Crippen molar-refractivity contribution >= 4 is 40.4 Å². The minimum Gasteiger partial charge on any atom is -0.481 e. The van der Waals surface area contributed by atoms with E-state index in [-0.39, 0.29) is 5.75 Å². The minimum absolute atomic E-state index is 0.0110. The molecular formula is C11H11ClN2O2S. The Balaban J connectivity index is 2.45. The molecule has 0 atom stereocenters. The van der Waals surface area contributed by atoms with Crippen LogP contribution in [0.15, 0.2) is 23.4 Å². The number of halogens is 1. The first-order valence-electron chi connectivity index (χ1n) is 5.12. The molecule has 6 heteroatoms. The van der Waals surface area contributed by atoms with Crippen molar-refractivity contribution in [2.24, 2.45) is 0 Å². The molecule has 0 aliphatic rings. The number of fused-ring (bicyclic) bond motifs is 1. The predicted molar refractivity (Wildman–Crippen MR) is 68.8 cm³/mol. The Hall–Kier alpha value is -1.20. The van der Waals surface area contributed by atoms with Gasteiger partial charge in [-0.3, -0.25) is 4.79 Å². The van der Waals surface area contributed by atoms with Crippen LogP contribution in [0, 0.1) is 0 Å². The second kappa shape index (κ2) is 4.98. The fourth-order valence-electron chi connectivity index (χ4n) is 1.62. The van der Waals surface area contributed by atoms with Gasteiger partial charge in [0.1, 0.15) is 0 Å². The molecule has 90 valence electrons. The highest BCUT2D eigenvalue weighted by Gasteiger charge is 2.11. The summed E-state index contributed by atoms with van der Waals surface area (Å²) in [6.45, 7) is 2.73. The van der Waals surface area contributed by atoms with Crippen LogP contribution >= 0.6 is 23.4 Å². The van der Waals surface area contributed by atoms with E-state index in [0.29, 0.717) is 10.2 Å². The fourth-order valence-corrected chi connectivity index (χ4v) is 2.58. The summed E-state index contributed by atoms with van der Waals surface area (Å²) in [4.78, 5) is 15.0. The Morgan fingerprint density at radius 3 is 3.00 bits per heavy atom. The van der Waals surface area contributed by atoms with E-state index >= 15 is 0 Å². The average molecular weight is 271 g/mol. The Morgan fingerprint density at radius 2 is 2.35 bits per heavy atom. The molecule has 0 unspecified atom stereocenters. The van der Waals surface area contributed by atoms with Crippen LogP contribution in [-0.2, 0) is 11.3 Å². The predicted octanol–water partition coefficient (Wildman–Crippen LogP) is 2.89. The van der Waals surface area contributed by atoms with Crippen molar-refractivity contribution in [2.75, 3.05) is 5.75 Å². The average Bonchev–Trinajstić information content (AvgIpc) is 2.63. The number of hydrogen-bond acceptors (Lipinski definition) is 3. The first-order valence-corrected chi connectivity index (χ1v) is 6.48. The number of nitrogens with zero attached hydrogens (tertiary/aromatic N) is 2. The first-order chi connectivity index (χ1) is 8.11. The maximum atomic E-state index is 10.6. The van der Waals surface area contributed by atoms with Gasteiger partial charge in [-0.25, -0.2) is 4.98 Å². The molecule has 2 rings (SSSR count). The van der Waals surface area contributed by atoms with Gasteiger partial charge in [-0.2, -0.15) is 0 Å². The number of aliphatic carboxylic acids is 1. The summed E-state index contributed by atoms with van der Waals surface area (Å²) < 4.78 is 1.97. The Kier molecular flexibility index (Phi) is 3.59. The van der Waals surface area contributed by atoms with Crippen LogP contribution in [0.5, 0.6) is 0 Å². The Labute approximate surface area is 108 Å². The largest absolute Gasteiger partial charge is 0.481 e. The van der Waals surface area contributed by atoms with Gasteiger partial charge >= 0.3 is 5.97 Å². The molecule has 0 aliphatic heterocycles. The van der Waals surface area contributed by atoms with E-state index < -0.39 is 5.97 Å². The number of carbonyl (C=O) groups is 1. The number of carboxylic acids is 1. The summed E-state index contributed by atoms with van der Waals surface area (Å²) in [6.07, 6.45) is 0. The number of thioether (sulfide) groups is 1. The fraction of sp³-hybridized carbons (Fsp3) is 0.273. The van der Waals surface area contributed by atoms with Gasteiger partial charge in [0.2, 0.25) is 0 Å². The van der Waals surface area contributed by atoms with Gasteiger partial charge in [0.05, 0.1) is 16.8 Å². The molecule has 1 N–H and O–H groups in total. The molecule has 0 saturated heterocycles. The molecule has 0 amide bonds. The quantitative estimate of drug-likeness (QED) is 0.868. The van der Waals surface area contributed by atoms with E-state index in [4.69, 9.17) is 16.7 Å². The number of hydrogen-bond donors (Lipinski definition) is 1. The molecule has 0 radical (unpaired) electrons. The van der Waals surface area contributed by atoms with Crippen LogP contribution in [0.1, 0.15) is 6.92 Å². The van der Waals surface area contributed by atoms with Gasteiger partial charge < -0.3 is 9.67 Å². The number of benzene rings is 1. The molecule has 0 spiro atoms. The zero-order chi connectivity index (χ0) is 12.4.